The van der Waals surface area contributed by atoms with Crippen LogP contribution in [-0.4, -0.2) is 28.1 Å². The summed E-state index contributed by atoms with van der Waals surface area (Å²) in [4.78, 5) is 29.0. The first-order chi connectivity index (χ1) is 10.0. The Hall–Kier alpha value is -2.14. The van der Waals surface area contributed by atoms with Crippen molar-refractivity contribution in [3.05, 3.63) is 59.4 Å². The van der Waals surface area contributed by atoms with E-state index in [0.29, 0.717) is 11.1 Å². The predicted molar refractivity (Wildman–Crippen MR) is 81.9 cm³/mol. The van der Waals surface area contributed by atoms with Gasteiger partial charge in [-0.1, -0.05) is 12.1 Å². The number of hydrogen-bond acceptors (Lipinski definition) is 4. The van der Waals surface area contributed by atoms with Crippen LogP contribution in [0, 0.1) is 6.92 Å². The molecule has 0 spiro atoms. The smallest absolute Gasteiger partial charge is 0.318 e. The third-order valence-electron chi connectivity index (χ3n) is 3.15. The van der Waals surface area contributed by atoms with Gasteiger partial charge in [-0.05, 0) is 43.0 Å². The van der Waals surface area contributed by atoms with Crippen LogP contribution in [0.3, 0.4) is 0 Å². The summed E-state index contributed by atoms with van der Waals surface area (Å²) in [5, 5.41) is 9.39. The number of rotatable bonds is 5. The molecule has 0 radical (unpaired) electrons. The maximum Gasteiger partial charge on any atom is 0.318 e. The number of aryl methyl sites for hydroxylation is 1. The van der Waals surface area contributed by atoms with Crippen molar-refractivity contribution in [2.24, 2.45) is 0 Å². The fourth-order valence-corrected chi connectivity index (χ4v) is 2.39. The third kappa shape index (κ3) is 3.49. The highest BCUT2D eigenvalue weighted by molar-refractivity contribution is 7.98. The molecule has 0 saturated carbocycles. The van der Waals surface area contributed by atoms with E-state index in [1.807, 2.05) is 25.3 Å². The second kappa shape index (κ2) is 6.54. The lowest BCUT2D eigenvalue weighted by atomic mass is 9.91. The van der Waals surface area contributed by atoms with E-state index >= 15 is 0 Å². The average molecular weight is 301 g/mol. The zero-order chi connectivity index (χ0) is 15.4. The van der Waals surface area contributed by atoms with Gasteiger partial charge in [0, 0.05) is 22.3 Å². The molecule has 21 heavy (non-hydrogen) atoms. The van der Waals surface area contributed by atoms with Crippen LogP contribution in [0.5, 0.6) is 0 Å². The summed E-state index contributed by atoms with van der Waals surface area (Å²) in [5.41, 5.74) is 1.57. The summed E-state index contributed by atoms with van der Waals surface area (Å²) in [6.45, 7) is 1.81. The van der Waals surface area contributed by atoms with Gasteiger partial charge in [-0.25, -0.2) is 0 Å². The van der Waals surface area contributed by atoms with Gasteiger partial charge in [-0.3, -0.25) is 14.6 Å². The van der Waals surface area contributed by atoms with Crippen LogP contribution in [0.2, 0.25) is 0 Å². The van der Waals surface area contributed by atoms with E-state index in [1.54, 1.807) is 36.0 Å². The summed E-state index contributed by atoms with van der Waals surface area (Å²) in [7, 11) is 0. The largest absolute Gasteiger partial charge is 0.480 e. The number of hydrogen-bond donors (Lipinski definition) is 1. The summed E-state index contributed by atoms with van der Waals surface area (Å²) in [6, 6.07) is 10.3. The molecule has 1 N–H and O–H groups in total. The molecule has 4 nitrogen and oxygen atoms in total. The number of aliphatic carboxylic acids is 1. The van der Waals surface area contributed by atoms with E-state index in [1.165, 1.54) is 6.20 Å². The summed E-state index contributed by atoms with van der Waals surface area (Å²) < 4.78 is 0. The van der Waals surface area contributed by atoms with Crippen molar-refractivity contribution < 1.29 is 14.7 Å². The molecule has 0 aliphatic rings. The van der Waals surface area contributed by atoms with Crippen LogP contribution in [0.25, 0.3) is 0 Å². The molecule has 0 aliphatic carbocycles. The van der Waals surface area contributed by atoms with Crippen LogP contribution < -0.4 is 0 Å². The Balaban J connectivity index is 2.35. The third-order valence-corrected chi connectivity index (χ3v) is 3.90. The van der Waals surface area contributed by atoms with Gasteiger partial charge in [-0.2, -0.15) is 0 Å². The molecule has 1 atom stereocenters. The number of carbonyl (C=O) groups excluding carboxylic acids is 1. The van der Waals surface area contributed by atoms with Gasteiger partial charge in [-0.15, -0.1) is 11.8 Å². The van der Waals surface area contributed by atoms with Gasteiger partial charge in [0.2, 0.25) is 0 Å². The molecule has 1 heterocycles. The number of carboxylic acids is 1. The number of carbonyl (C=O) groups is 2. The van der Waals surface area contributed by atoms with E-state index in [2.05, 4.69) is 4.98 Å². The molecule has 108 valence electrons. The molecule has 1 unspecified atom stereocenters. The monoisotopic (exact) mass is 301 g/mol. The summed E-state index contributed by atoms with van der Waals surface area (Å²) in [6.07, 6.45) is 3.36. The van der Waals surface area contributed by atoms with E-state index in [0.717, 1.165) is 10.6 Å². The first-order valence-corrected chi connectivity index (χ1v) is 7.59. The molecule has 1 aromatic carbocycles. The Morgan fingerprint density at radius 2 is 1.81 bits per heavy atom. The zero-order valence-electron chi connectivity index (χ0n) is 11.7. The molecular formula is C16H15NO3S. The molecule has 0 bridgehead atoms. The highest BCUT2D eigenvalue weighted by Gasteiger charge is 2.29. The standard InChI is InChI=1S/C16H15NO3S/c1-10-3-4-12(9-17-10)15(18)14(16(19)20)11-5-7-13(21-2)8-6-11/h3-9,14H,1-2H3,(H,19,20). The lowest BCUT2D eigenvalue weighted by molar-refractivity contribution is -0.137. The lowest BCUT2D eigenvalue weighted by Crippen LogP contribution is -2.22. The normalized spacial score (nSPS) is 11.9. The maximum atomic E-state index is 12.4. The van der Waals surface area contributed by atoms with Crippen LogP contribution in [0.1, 0.15) is 27.5 Å². The second-order valence-electron chi connectivity index (χ2n) is 4.60. The Bertz CT molecular complexity index is 650. The van der Waals surface area contributed by atoms with Gasteiger partial charge < -0.3 is 5.11 Å². The average Bonchev–Trinajstić information content (AvgIpc) is 2.48. The van der Waals surface area contributed by atoms with Crippen molar-refractivity contribution in [2.45, 2.75) is 17.7 Å². The van der Waals surface area contributed by atoms with E-state index in [-0.39, 0.29) is 0 Å². The summed E-state index contributed by atoms with van der Waals surface area (Å²) >= 11 is 1.56. The number of benzene rings is 1. The topological polar surface area (TPSA) is 67.3 Å². The molecule has 0 fully saturated rings. The number of pyridine rings is 1. The number of carboxylic acid groups (broad SMARTS) is 1. The lowest BCUT2D eigenvalue weighted by Gasteiger charge is -2.12. The second-order valence-corrected chi connectivity index (χ2v) is 5.48. The first kappa shape index (κ1) is 15.3. The fraction of sp³-hybridized carbons (Fsp3) is 0.188. The van der Waals surface area contributed by atoms with Crippen molar-refractivity contribution >= 4 is 23.5 Å². The fourth-order valence-electron chi connectivity index (χ4n) is 1.98. The number of nitrogens with zero attached hydrogens (tertiary/aromatic N) is 1. The molecule has 2 rings (SSSR count). The summed E-state index contributed by atoms with van der Waals surface area (Å²) in [5.74, 6) is -2.81. The van der Waals surface area contributed by atoms with Gasteiger partial charge in [0.15, 0.2) is 5.78 Å². The van der Waals surface area contributed by atoms with E-state index < -0.39 is 17.7 Å². The van der Waals surface area contributed by atoms with Crippen LogP contribution in [0.4, 0.5) is 0 Å². The van der Waals surface area contributed by atoms with Crippen molar-refractivity contribution in [1.29, 1.82) is 0 Å². The van der Waals surface area contributed by atoms with Gasteiger partial charge in [0.25, 0.3) is 0 Å². The van der Waals surface area contributed by atoms with Crippen LogP contribution >= 0.6 is 11.8 Å². The number of thioether (sulfide) groups is 1. The minimum atomic E-state index is -1.20. The Morgan fingerprint density at radius 1 is 1.14 bits per heavy atom. The van der Waals surface area contributed by atoms with Crippen molar-refractivity contribution in [3.63, 3.8) is 0 Å². The Morgan fingerprint density at radius 3 is 2.29 bits per heavy atom. The van der Waals surface area contributed by atoms with Gasteiger partial charge >= 0.3 is 5.97 Å². The maximum absolute atomic E-state index is 12.4. The Labute approximate surface area is 127 Å². The predicted octanol–water partition coefficient (Wildman–Crippen LogP) is 3.16. The Kier molecular flexibility index (Phi) is 4.75. The molecule has 0 saturated heterocycles. The van der Waals surface area contributed by atoms with Crippen molar-refractivity contribution in [2.75, 3.05) is 6.26 Å². The number of aromatic nitrogens is 1. The minimum Gasteiger partial charge on any atom is -0.480 e. The van der Waals surface area contributed by atoms with E-state index in [9.17, 15) is 14.7 Å². The van der Waals surface area contributed by atoms with E-state index in [4.69, 9.17) is 0 Å². The molecule has 2 aromatic rings. The SMILES string of the molecule is CSc1ccc(C(C(=O)O)C(=O)c2ccc(C)nc2)cc1. The highest BCUT2D eigenvalue weighted by atomic mass is 32.2. The molecule has 0 amide bonds. The highest BCUT2D eigenvalue weighted by Crippen LogP contribution is 2.24. The minimum absolute atomic E-state index is 0.307. The number of Topliss-reactive ketones (excluding diaryl/α,β-unsaturated/α-hetero) is 1. The molecule has 0 aliphatic heterocycles. The van der Waals surface area contributed by atoms with Crippen molar-refractivity contribution in [1.82, 2.24) is 4.98 Å². The van der Waals surface area contributed by atoms with Crippen LogP contribution in [0.15, 0.2) is 47.5 Å². The van der Waals surface area contributed by atoms with Crippen LogP contribution in [-0.2, 0) is 4.79 Å². The molecular weight excluding hydrogens is 286 g/mol. The molecule has 5 heteroatoms. The van der Waals surface area contributed by atoms with Gasteiger partial charge in [0.05, 0.1) is 0 Å². The van der Waals surface area contributed by atoms with Gasteiger partial charge in [0.1, 0.15) is 5.92 Å². The quantitative estimate of drug-likeness (QED) is 0.522. The first-order valence-electron chi connectivity index (χ1n) is 6.36. The number of ketones is 1. The van der Waals surface area contributed by atoms with Crippen molar-refractivity contribution in [3.8, 4) is 0 Å². The zero-order valence-corrected chi connectivity index (χ0v) is 12.6. The molecule has 1 aromatic heterocycles.